The maximum atomic E-state index is 12.2. The van der Waals surface area contributed by atoms with Crippen molar-refractivity contribution >= 4 is 29.9 Å². The summed E-state index contributed by atoms with van der Waals surface area (Å²) in [5.41, 5.74) is 0.953. The van der Waals surface area contributed by atoms with Crippen molar-refractivity contribution in [3.63, 3.8) is 0 Å². The van der Waals surface area contributed by atoms with Crippen molar-refractivity contribution in [2.45, 2.75) is 38.9 Å². The first-order valence-electron chi connectivity index (χ1n) is 7.48. The Morgan fingerprint density at radius 2 is 1.95 bits per heavy atom. The van der Waals surface area contributed by atoms with Gasteiger partial charge in [0.25, 0.3) is 0 Å². The molecule has 0 aromatic heterocycles. The summed E-state index contributed by atoms with van der Waals surface area (Å²) in [6, 6.07) is 8.38. The highest BCUT2D eigenvalue weighted by Gasteiger charge is 2.23. The van der Waals surface area contributed by atoms with E-state index in [-0.39, 0.29) is 24.4 Å². The number of piperazine rings is 1. The van der Waals surface area contributed by atoms with E-state index in [9.17, 15) is 4.79 Å². The topological polar surface area (TPSA) is 44.4 Å². The molecule has 1 aromatic rings. The van der Waals surface area contributed by atoms with Crippen LogP contribution in [0, 0.1) is 0 Å². The molecule has 22 heavy (non-hydrogen) atoms. The van der Waals surface area contributed by atoms with Gasteiger partial charge in [-0.05, 0) is 32.4 Å². The number of carbonyl (C=O) groups is 1. The van der Waals surface area contributed by atoms with Crippen molar-refractivity contribution in [2.24, 2.45) is 0 Å². The van der Waals surface area contributed by atoms with E-state index in [0.717, 1.165) is 18.7 Å². The number of nitrogens with one attached hydrogen (secondary N) is 2. The number of halogens is 2. The SMILES string of the molecule is CC1CN(CC(=O)NC(C)c2ccccc2Cl)CC(C)N1.Cl. The molecule has 1 fully saturated rings. The van der Waals surface area contributed by atoms with Crippen LogP contribution in [0.3, 0.4) is 0 Å². The van der Waals surface area contributed by atoms with Crippen molar-refractivity contribution in [1.29, 1.82) is 0 Å². The fourth-order valence-electron chi connectivity index (χ4n) is 2.96. The Hall–Kier alpha value is -0.810. The zero-order chi connectivity index (χ0) is 15.4. The van der Waals surface area contributed by atoms with Crippen LogP contribution in [0.4, 0.5) is 0 Å². The molecule has 3 unspecified atom stereocenters. The van der Waals surface area contributed by atoms with Crippen LogP contribution in [0.5, 0.6) is 0 Å². The number of hydrogen-bond donors (Lipinski definition) is 2. The van der Waals surface area contributed by atoms with E-state index < -0.39 is 0 Å². The Balaban J connectivity index is 0.00000242. The molecule has 6 heteroatoms. The number of hydrogen-bond acceptors (Lipinski definition) is 3. The van der Waals surface area contributed by atoms with Gasteiger partial charge in [-0.2, -0.15) is 0 Å². The normalized spacial score (nSPS) is 23.5. The van der Waals surface area contributed by atoms with E-state index in [2.05, 4.69) is 29.4 Å². The van der Waals surface area contributed by atoms with Crippen LogP contribution in [0.15, 0.2) is 24.3 Å². The monoisotopic (exact) mass is 345 g/mol. The number of amides is 1. The number of carbonyl (C=O) groups excluding carboxylic acids is 1. The van der Waals surface area contributed by atoms with Gasteiger partial charge in [0, 0.05) is 30.2 Å². The second kappa shape index (κ2) is 8.73. The van der Waals surface area contributed by atoms with E-state index in [1.807, 2.05) is 31.2 Å². The largest absolute Gasteiger partial charge is 0.348 e. The van der Waals surface area contributed by atoms with Gasteiger partial charge in [-0.25, -0.2) is 0 Å². The molecular weight excluding hydrogens is 321 g/mol. The predicted octanol–water partition coefficient (Wildman–Crippen LogP) is 2.62. The lowest BCUT2D eigenvalue weighted by Crippen LogP contribution is -2.56. The molecule has 4 nitrogen and oxygen atoms in total. The molecule has 2 N–H and O–H groups in total. The maximum absolute atomic E-state index is 12.2. The van der Waals surface area contributed by atoms with Crippen LogP contribution in [0.2, 0.25) is 5.02 Å². The quantitative estimate of drug-likeness (QED) is 0.881. The van der Waals surface area contributed by atoms with Crippen LogP contribution < -0.4 is 10.6 Å². The Morgan fingerprint density at radius 3 is 2.55 bits per heavy atom. The van der Waals surface area contributed by atoms with Gasteiger partial charge in [0.05, 0.1) is 12.6 Å². The summed E-state index contributed by atoms with van der Waals surface area (Å²) in [6.45, 7) is 8.49. The molecule has 1 heterocycles. The van der Waals surface area contributed by atoms with Gasteiger partial charge in [-0.3, -0.25) is 9.69 Å². The molecule has 124 valence electrons. The molecule has 2 rings (SSSR count). The molecule has 1 amide bonds. The molecule has 1 aliphatic rings. The Bertz CT molecular complexity index is 488. The molecule has 1 saturated heterocycles. The molecule has 0 bridgehead atoms. The minimum atomic E-state index is -0.0797. The standard InChI is InChI=1S/C16H24ClN3O.ClH/c1-11-8-20(9-12(2)18-11)10-16(21)19-13(3)14-6-4-5-7-15(14)17;/h4-7,11-13,18H,8-10H2,1-3H3,(H,19,21);1H. The highest BCUT2D eigenvalue weighted by molar-refractivity contribution is 6.31. The Labute approximate surface area is 144 Å². The zero-order valence-electron chi connectivity index (χ0n) is 13.3. The zero-order valence-corrected chi connectivity index (χ0v) is 14.9. The summed E-state index contributed by atoms with van der Waals surface area (Å²) in [5.74, 6) is 0.0451. The second-order valence-corrected chi connectivity index (χ2v) is 6.38. The van der Waals surface area contributed by atoms with Gasteiger partial charge in [-0.1, -0.05) is 29.8 Å². The third kappa shape index (κ3) is 5.43. The van der Waals surface area contributed by atoms with Crippen molar-refractivity contribution in [3.8, 4) is 0 Å². The fraction of sp³-hybridized carbons (Fsp3) is 0.562. The highest BCUT2D eigenvalue weighted by atomic mass is 35.5. The van der Waals surface area contributed by atoms with Crippen molar-refractivity contribution < 1.29 is 4.79 Å². The van der Waals surface area contributed by atoms with Crippen LogP contribution in [0.1, 0.15) is 32.4 Å². The van der Waals surface area contributed by atoms with Crippen LogP contribution in [-0.2, 0) is 4.79 Å². The molecule has 0 radical (unpaired) electrons. The highest BCUT2D eigenvalue weighted by Crippen LogP contribution is 2.22. The first kappa shape index (κ1) is 19.2. The number of benzene rings is 1. The van der Waals surface area contributed by atoms with E-state index in [1.165, 1.54) is 0 Å². The first-order chi connectivity index (χ1) is 9.95. The summed E-state index contributed by atoms with van der Waals surface area (Å²) < 4.78 is 0. The average molecular weight is 346 g/mol. The fourth-order valence-corrected chi connectivity index (χ4v) is 3.26. The molecular formula is C16H25Cl2N3O. The summed E-state index contributed by atoms with van der Waals surface area (Å²) in [4.78, 5) is 14.4. The minimum Gasteiger partial charge on any atom is -0.348 e. The van der Waals surface area contributed by atoms with Gasteiger partial charge in [0.15, 0.2) is 0 Å². The van der Waals surface area contributed by atoms with Gasteiger partial charge >= 0.3 is 0 Å². The van der Waals surface area contributed by atoms with Crippen molar-refractivity contribution in [3.05, 3.63) is 34.9 Å². The molecule has 0 saturated carbocycles. The molecule has 0 spiro atoms. The third-order valence-corrected chi connectivity index (χ3v) is 4.09. The average Bonchev–Trinajstić information content (AvgIpc) is 2.37. The lowest BCUT2D eigenvalue weighted by Gasteiger charge is -2.35. The third-order valence-electron chi connectivity index (χ3n) is 3.75. The Morgan fingerprint density at radius 1 is 1.36 bits per heavy atom. The molecule has 1 aromatic carbocycles. The summed E-state index contributed by atoms with van der Waals surface area (Å²) in [6.07, 6.45) is 0. The van der Waals surface area contributed by atoms with E-state index in [0.29, 0.717) is 23.7 Å². The second-order valence-electron chi connectivity index (χ2n) is 5.97. The lowest BCUT2D eigenvalue weighted by molar-refractivity contribution is -0.123. The van der Waals surface area contributed by atoms with Crippen LogP contribution in [0.25, 0.3) is 0 Å². The molecule has 3 atom stereocenters. The number of rotatable bonds is 4. The lowest BCUT2D eigenvalue weighted by atomic mass is 10.1. The Kier molecular flexibility index (Phi) is 7.63. The van der Waals surface area contributed by atoms with E-state index in [4.69, 9.17) is 11.6 Å². The summed E-state index contributed by atoms with van der Waals surface area (Å²) in [7, 11) is 0. The van der Waals surface area contributed by atoms with E-state index in [1.54, 1.807) is 0 Å². The number of nitrogens with zero attached hydrogens (tertiary/aromatic N) is 1. The summed E-state index contributed by atoms with van der Waals surface area (Å²) >= 11 is 6.16. The van der Waals surface area contributed by atoms with Crippen LogP contribution >= 0.6 is 24.0 Å². The van der Waals surface area contributed by atoms with Gasteiger partial charge in [0.2, 0.25) is 5.91 Å². The van der Waals surface area contributed by atoms with Crippen molar-refractivity contribution in [2.75, 3.05) is 19.6 Å². The van der Waals surface area contributed by atoms with Gasteiger partial charge < -0.3 is 10.6 Å². The van der Waals surface area contributed by atoms with Crippen LogP contribution in [-0.4, -0.2) is 42.5 Å². The first-order valence-corrected chi connectivity index (χ1v) is 7.85. The smallest absolute Gasteiger partial charge is 0.234 e. The summed E-state index contributed by atoms with van der Waals surface area (Å²) in [5, 5.41) is 7.18. The predicted molar refractivity (Wildman–Crippen MR) is 93.8 cm³/mol. The van der Waals surface area contributed by atoms with Crippen molar-refractivity contribution in [1.82, 2.24) is 15.5 Å². The van der Waals surface area contributed by atoms with E-state index >= 15 is 0 Å². The van der Waals surface area contributed by atoms with Gasteiger partial charge in [-0.15, -0.1) is 12.4 Å². The minimum absolute atomic E-state index is 0. The van der Waals surface area contributed by atoms with Gasteiger partial charge in [0.1, 0.15) is 0 Å². The molecule has 0 aliphatic carbocycles. The maximum Gasteiger partial charge on any atom is 0.234 e. The molecule has 1 aliphatic heterocycles.